The molecule has 0 amide bonds. The maximum Gasteiger partial charge on any atom is 0.151 e. The molecule has 0 aromatic carbocycles. The van der Waals surface area contributed by atoms with Gasteiger partial charge in [0.05, 0.1) is 6.61 Å². The highest BCUT2D eigenvalue weighted by Crippen LogP contribution is 2.02. The van der Waals surface area contributed by atoms with Crippen molar-refractivity contribution in [1.29, 1.82) is 0 Å². The van der Waals surface area contributed by atoms with Crippen molar-refractivity contribution in [1.82, 2.24) is 0 Å². The predicted molar refractivity (Wildman–Crippen MR) is 49.9 cm³/mol. The standard InChI is InChI=1S/C6H12O6.C2H6O/c7-1-3(9)5(11)6(12)4(10)2-8;1-2-3/h1,3-6,8-12H,2H2;3H,2H2,1H3/t3-,4+,5+,6-;/m0./s1. The summed E-state index contributed by atoms with van der Waals surface area (Å²) in [6, 6.07) is 0. The summed E-state index contributed by atoms with van der Waals surface area (Å²) in [5, 5.41) is 51.1. The Hall–Kier alpha value is -0.570. The van der Waals surface area contributed by atoms with Gasteiger partial charge in [0, 0.05) is 6.61 Å². The number of hydrogen-bond acceptors (Lipinski definition) is 7. The quantitative estimate of drug-likeness (QED) is 0.269. The molecule has 4 atom stereocenters. The van der Waals surface area contributed by atoms with E-state index in [1.807, 2.05) is 0 Å². The van der Waals surface area contributed by atoms with E-state index in [1.165, 1.54) is 0 Å². The first-order valence-corrected chi connectivity index (χ1v) is 4.35. The van der Waals surface area contributed by atoms with E-state index in [-0.39, 0.29) is 12.9 Å². The molecule has 15 heavy (non-hydrogen) atoms. The lowest BCUT2D eigenvalue weighted by molar-refractivity contribution is -0.136. The highest BCUT2D eigenvalue weighted by Gasteiger charge is 2.29. The van der Waals surface area contributed by atoms with Crippen molar-refractivity contribution in [3.05, 3.63) is 0 Å². The van der Waals surface area contributed by atoms with Crippen molar-refractivity contribution in [3.63, 3.8) is 0 Å². The SMILES string of the molecule is CCO.O=C[C@H](O)[C@@H](O)[C@@H](O)[C@H](O)CO. The van der Waals surface area contributed by atoms with E-state index in [0.717, 1.165) is 0 Å². The van der Waals surface area contributed by atoms with Gasteiger partial charge in [-0.1, -0.05) is 0 Å². The number of carbonyl (C=O) groups excluding carboxylic acids is 1. The van der Waals surface area contributed by atoms with Crippen LogP contribution < -0.4 is 0 Å². The molecule has 0 saturated carbocycles. The van der Waals surface area contributed by atoms with E-state index in [2.05, 4.69) is 0 Å². The molecule has 0 rings (SSSR count). The predicted octanol–water partition coefficient (Wildman–Crippen LogP) is -3.38. The van der Waals surface area contributed by atoms with Crippen LogP contribution in [-0.4, -0.2) is 74.6 Å². The Balaban J connectivity index is 0. The van der Waals surface area contributed by atoms with Gasteiger partial charge in [-0.3, -0.25) is 0 Å². The second-order valence-corrected chi connectivity index (χ2v) is 2.67. The molecule has 6 N–H and O–H groups in total. The Labute approximate surface area is 87.2 Å². The summed E-state index contributed by atoms with van der Waals surface area (Å²) in [6.07, 6.45) is -6.84. The highest BCUT2D eigenvalue weighted by atomic mass is 16.4. The summed E-state index contributed by atoms with van der Waals surface area (Å²) in [5.41, 5.74) is 0. The first-order valence-electron chi connectivity index (χ1n) is 4.35. The minimum Gasteiger partial charge on any atom is -0.397 e. The number of rotatable bonds is 5. The third-order valence-corrected chi connectivity index (χ3v) is 1.42. The third-order valence-electron chi connectivity index (χ3n) is 1.42. The minimum atomic E-state index is -1.79. The molecule has 92 valence electrons. The van der Waals surface area contributed by atoms with E-state index in [9.17, 15) is 4.79 Å². The van der Waals surface area contributed by atoms with Gasteiger partial charge in [-0.05, 0) is 6.92 Å². The lowest BCUT2D eigenvalue weighted by Gasteiger charge is -2.22. The Morgan fingerprint density at radius 3 is 1.73 bits per heavy atom. The molecule has 7 nitrogen and oxygen atoms in total. The topological polar surface area (TPSA) is 138 Å². The van der Waals surface area contributed by atoms with E-state index < -0.39 is 31.0 Å². The van der Waals surface area contributed by atoms with Crippen LogP contribution in [0.25, 0.3) is 0 Å². The maximum absolute atomic E-state index is 9.90. The van der Waals surface area contributed by atoms with Crippen LogP contribution in [0.4, 0.5) is 0 Å². The van der Waals surface area contributed by atoms with Crippen molar-refractivity contribution in [3.8, 4) is 0 Å². The van der Waals surface area contributed by atoms with Crippen molar-refractivity contribution < 1.29 is 35.4 Å². The monoisotopic (exact) mass is 226 g/mol. The molecule has 0 unspecified atom stereocenters. The summed E-state index contributed by atoms with van der Waals surface area (Å²) < 4.78 is 0. The van der Waals surface area contributed by atoms with Gasteiger partial charge in [-0.2, -0.15) is 0 Å². The molecule has 0 bridgehead atoms. The van der Waals surface area contributed by atoms with Gasteiger partial charge in [-0.15, -0.1) is 0 Å². The van der Waals surface area contributed by atoms with Gasteiger partial charge in [0.15, 0.2) is 6.29 Å². The summed E-state index contributed by atoms with van der Waals surface area (Å²) in [7, 11) is 0. The zero-order valence-electron chi connectivity index (χ0n) is 8.39. The fraction of sp³-hybridized carbons (Fsp3) is 0.875. The average molecular weight is 226 g/mol. The Kier molecular flexibility index (Phi) is 11.2. The highest BCUT2D eigenvalue weighted by molar-refractivity contribution is 5.56. The summed E-state index contributed by atoms with van der Waals surface area (Å²) in [6.45, 7) is 1.17. The van der Waals surface area contributed by atoms with Crippen LogP contribution in [0, 0.1) is 0 Å². The molecule has 0 aromatic rings. The van der Waals surface area contributed by atoms with E-state index >= 15 is 0 Å². The zero-order valence-corrected chi connectivity index (χ0v) is 8.39. The van der Waals surface area contributed by atoms with E-state index in [4.69, 9.17) is 30.6 Å². The normalized spacial score (nSPS) is 18.1. The molecular weight excluding hydrogens is 208 g/mol. The first-order chi connectivity index (χ1) is 6.95. The Morgan fingerprint density at radius 1 is 1.07 bits per heavy atom. The van der Waals surface area contributed by atoms with Crippen LogP contribution in [0.15, 0.2) is 0 Å². The fourth-order valence-electron chi connectivity index (χ4n) is 0.618. The molecule has 0 aliphatic heterocycles. The molecule has 7 heteroatoms. The van der Waals surface area contributed by atoms with Crippen LogP contribution in [0.1, 0.15) is 6.92 Å². The zero-order chi connectivity index (χ0) is 12.4. The van der Waals surface area contributed by atoms with Crippen LogP contribution >= 0.6 is 0 Å². The van der Waals surface area contributed by atoms with E-state index in [1.54, 1.807) is 6.92 Å². The third kappa shape index (κ3) is 7.37. The molecule has 0 aliphatic rings. The van der Waals surface area contributed by atoms with Gasteiger partial charge in [0.25, 0.3) is 0 Å². The van der Waals surface area contributed by atoms with Crippen molar-refractivity contribution >= 4 is 6.29 Å². The van der Waals surface area contributed by atoms with Gasteiger partial charge in [0.1, 0.15) is 24.4 Å². The van der Waals surface area contributed by atoms with Crippen molar-refractivity contribution in [2.75, 3.05) is 13.2 Å². The lowest BCUT2D eigenvalue weighted by Crippen LogP contribution is -2.46. The van der Waals surface area contributed by atoms with Gasteiger partial charge in [-0.25, -0.2) is 0 Å². The number of carbonyl (C=O) groups is 1. The number of hydrogen-bond donors (Lipinski definition) is 6. The maximum atomic E-state index is 9.90. The van der Waals surface area contributed by atoms with Crippen molar-refractivity contribution in [2.24, 2.45) is 0 Å². The lowest BCUT2D eigenvalue weighted by atomic mass is 10.0. The van der Waals surface area contributed by atoms with Crippen LogP contribution in [0.5, 0.6) is 0 Å². The second kappa shape index (κ2) is 9.97. The Bertz CT molecular complexity index is 152. The van der Waals surface area contributed by atoms with Crippen LogP contribution in [0.2, 0.25) is 0 Å². The Morgan fingerprint density at radius 2 is 1.47 bits per heavy atom. The van der Waals surface area contributed by atoms with Crippen LogP contribution in [-0.2, 0) is 4.79 Å². The molecule has 0 radical (unpaired) electrons. The average Bonchev–Trinajstić information content (AvgIpc) is 2.25. The molecule has 0 heterocycles. The smallest absolute Gasteiger partial charge is 0.151 e. The molecule has 0 aromatic heterocycles. The number of aliphatic hydroxyl groups excluding tert-OH is 6. The van der Waals surface area contributed by atoms with Gasteiger partial charge < -0.3 is 35.4 Å². The summed E-state index contributed by atoms with van der Waals surface area (Å²) in [5.74, 6) is 0. The largest absolute Gasteiger partial charge is 0.397 e. The number of aliphatic hydroxyl groups is 6. The molecule has 0 fully saturated rings. The first kappa shape index (κ1) is 16.8. The van der Waals surface area contributed by atoms with E-state index in [0.29, 0.717) is 0 Å². The minimum absolute atomic E-state index is 0.0258. The molecule has 0 aliphatic carbocycles. The second-order valence-electron chi connectivity index (χ2n) is 2.67. The fourth-order valence-corrected chi connectivity index (χ4v) is 0.618. The van der Waals surface area contributed by atoms with Crippen molar-refractivity contribution in [2.45, 2.75) is 31.3 Å². The molecular formula is C8H18O7. The molecule has 0 saturated heterocycles. The summed E-state index contributed by atoms with van der Waals surface area (Å²) >= 11 is 0. The summed E-state index contributed by atoms with van der Waals surface area (Å²) in [4.78, 5) is 9.90. The van der Waals surface area contributed by atoms with Gasteiger partial charge >= 0.3 is 0 Å². The van der Waals surface area contributed by atoms with Gasteiger partial charge in [0.2, 0.25) is 0 Å². The van der Waals surface area contributed by atoms with Crippen LogP contribution in [0.3, 0.4) is 0 Å². The molecule has 0 spiro atoms. The number of aldehydes is 1.